The van der Waals surface area contributed by atoms with Crippen molar-refractivity contribution in [1.29, 1.82) is 0 Å². The van der Waals surface area contributed by atoms with Gasteiger partial charge in [-0.3, -0.25) is 4.90 Å². The van der Waals surface area contributed by atoms with Crippen LogP contribution in [-0.4, -0.2) is 24.5 Å². The lowest BCUT2D eigenvalue weighted by Gasteiger charge is -2.20. The zero-order valence-corrected chi connectivity index (χ0v) is 13.0. The number of allylic oxidation sites excluding steroid dienone is 1. The van der Waals surface area contributed by atoms with Crippen molar-refractivity contribution in [2.75, 3.05) is 19.6 Å². The molecule has 1 aromatic carbocycles. The molecule has 1 saturated carbocycles. The molecule has 1 aliphatic carbocycles. The number of fused-ring (bicyclic) bond motifs is 1. The van der Waals surface area contributed by atoms with E-state index in [4.69, 9.17) is 0 Å². The first-order valence-electron chi connectivity index (χ1n) is 8.00. The molecule has 0 radical (unpaired) electrons. The first kappa shape index (κ1) is 14.5. The van der Waals surface area contributed by atoms with E-state index in [0.29, 0.717) is 5.69 Å². The molecule has 0 spiro atoms. The average molecular weight is 284 g/mol. The predicted molar refractivity (Wildman–Crippen MR) is 87.4 cm³/mol. The fourth-order valence-electron chi connectivity index (χ4n) is 3.95. The molecule has 0 N–H and O–H groups in total. The largest absolute Gasteiger partial charge is 0.298 e. The number of likely N-dealkylation sites (tertiary alicyclic amines) is 1. The van der Waals surface area contributed by atoms with E-state index >= 15 is 0 Å². The van der Waals surface area contributed by atoms with Gasteiger partial charge >= 0.3 is 0 Å². The zero-order chi connectivity index (χ0) is 14.8. The number of hydrogen-bond acceptors (Lipinski definition) is 3. The Hall–Kier alpha value is -1.48. The monoisotopic (exact) mass is 284 g/mol. The molecular formula is C18H24N2O. The molecule has 1 saturated heterocycles. The summed E-state index contributed by atoms with van der Waals surface area (Å²) in [6.45, 7) is 7.91. The van der Waals surface area contributed by atoms with Crippen molar-refractivity contribution in [3.8, 4) is 0 Å². The second-order valence-corrected chi connectivity index (χ2v) is 6.76. The highest BCUT2D eigenvalue weighted by molar-refractivity contribution is 5.70. The third-order valence-electron chi connectivity index (χ3n) is 5.11. The van der Waals surface area contributed by atoms with Gasteiger partial charge in [0, 0.05) is 19.6 Å². The van der Waals surface area contributed by atoms with E-state index in [-0.39, 0.29) is 0 Å². The summed E-state index contributed by atoms with van der Waals surface area (Å²) in [7, 11) is 0. The van der Waals surface area contributed by atoms with Crippen LogP contribution >= 0.6 is 0 Å². The summed E-state index contributed by atoms with van der Waals surface area (Å²) in [4.78, 5) is 13.2. The van der Waals surface area contributed by atoms with Gasteiger partial charge in [0.25, 0.3) is 0 Å². The average Bonchev–Trinajstić information content (AvgIpc) is 3.05. The topological polar surface area (TPSA) is 32.7 Å². The summed E-state index contributed by atoms with van der Waals surface area (Å²) < 4.78 is 0. The fourth-order valence-corrected chi connectivity index (χ4v) is 3.95. The summed E-state index contributed by atoms with van der Waals surface area (Å²) in [6, 6.07) is 7.67. The highest BCUT2D eigenvalue weighted by Crippen LogP contribution is 2.38. The zero-order valence-electron chi connectivity index (χ0n) is 13.0. The van der Waals surface area contributed by atoms with Crippen molar-refractivity contribution < 1.29 is 0 Å². The molecule has 0 amide bonds. The highest BCUT2D eigenvalue weighted by atomic mass is 16.3. The normalized spacial score (nSPS) is 24.9. The molecule has 1 heterocycles. The maximum atomic E-state index is 10.5. The molecule has 2 aliphatic rings. The molecule has 112 valence electrons. The number of nitrogens with zero attached hydrogens (tertiary/aromatic N) is 2. The van der Waals surface area contributed by atoms with Gasteiger partial charge in [0.2, 0.25) is 0 Å². The summed E-state index contributed by atoms with van der Waals surface area (Å²) in [5.41, 5.74) is 4.48. The minimum atomic E-state index is 0.502. The molecule has 3 heteroatoms. The highest BCUT2D eigenvalue weighted by Gasteiger charge is 2.36. The summed E-state index contributed by atoms with van der Waals surface area (Å²) in [5.74, 6) is 1.87. The number of benzene rings is 1. The van der Waals surface area contributed by atoms with Crippen LogP contribution < -0.4 is 0 Å². The van der Waals surface area contributed by atoms with Crippen molar-refractivity contribution in [3.63, 3.8) is 0 Å². The molecule has 1 aliphatic heterocycles. The quantitative estimate of drug-likeness (QED) is 0.756. The minimum absolute atomic E-state index is 0.502. The maximum Gasteiger partial charge on any atom is 0.108 e. The first-order valence-corrected chi connectivity index (χ1v) is 8.00. The van der Waals surface area contributed by atoms with Crippen LogP contribution in [0.15, 0.2) is 35.0 Å². The predicted octanol–water partition coefficient (Wildman–Crippen LogP) is 4.61. The van der Waals surface area contributed by atoms with Gasteiger partial charge in [-0.25, -0.2) is 0 Å². The Morgan fingerprint density at radius 3 is 2.29 bits per heavy atom. The van der Waals surface area contributed by atoms with Crippen LogP contribution in [0.4, 0.5) is 5.69 Å². The lowest BCUT2D eigenvalue weighted by molar-refractivity contribution is 0.348. The summed E-state index contributed by atoms with van der Waals surface area (Å²) >= 11 is 0. The number of rotatable bonds is 4. The third kappa shape index (κ3) is 3.08. The van der Waals surface area contributed by atoms with Crippen LogP contribution in [0.1, 0.15) is 38.7 Å². The Morgan fingerprint density at radius 1 is 1.14 bits per heavy atom. The Kier molecular flexibility index (Phi) is 4.20. The Bertz CT molecular complexity index is 531. The van der Waals surface area contributed by atoms with E-state index in [0.717, 1.165) is 18.4 Å². The SMILES string of the molecule is CC(C)=C(CN1CC2CCCC2C1)c1ccc(N=O)cc1. The second kappa shape index (κ2) is 6.10. The van der Waals surface area contributed by atoms with E-state index < -0.39 is 0 Å². The van der Waals surface area contributed by atoms with Gasteiger partial charge in [0.15, 0.2) is 0 Å². The first-order chi connectivity index (χ1) is 10.2. The van der Waals surface area contributed by atoms with Gasteiger partial charge in [-0.15, -0.1) is 4.91 Å². The molecule has 1 aromatic rings. The van der Waals surface area contributed by atoms with E-state index in [1.54, 1.807) is 0 Å². The fraction of sp³-hybridized carbons (Fsp3) is 0.556. The van der Waals surface area contributed by atoms with E-state index in [1.165, 1.54) is 49.1 Å². The van der Waals surface area contributed by atoms with Gasteiger partial charge < -0.3 is 0 Å². The van der Waals surface area contributed by atoms with Crippen molar-refractivity contribution in [2.45, 2.75) is 33.1 Å². The molecule has 21 heavy (non-hydrogen) atoms. The molecule has 0 aromatic heterocycles. The van der Waals surface area contributed by atoms with Crippen LogP contribution in [0.5, 0.6) is 0 Å². The molecule has 2 unspecified atom stereocenters. The summed E-state index contributed by atoms with van der Waals surface area (Å²) in [5, 5.41) is 2.98. The van der Waals surface area contributed by atoms with Gasteiger partial charge in [-0.1, -0.05) is 24.1 Å². The molecular weight excluding hydrogens is 260 g/mol. The lowest BCUT2D eigenvalue weighted by atomic mass is 10.0. The maximum absolute atomic E-state index is 10.5. The third-order valence-corrected chi connectivity index (χ3v) is 5.11. The van der Waals surface area contributed by atoms with Gasteiger partial charge in [-0.2, -0.15) is 0 Å². The molecule has 2 atom stereocenters. The van der Waals surface area contributed by atoms with Crippen LogP contribution in [0.3, 0.4) is 0 Å². The van der Waals surface area contributed by atoms with Crippen molar-refractivity contribution in [3.05, 3.63) is 40.3 Å². The Morgan fingerprint density at radius 2 is 1.76 bits per heavy atom. The van der Waals surface area contributed by atoms with Crippen molar-refractivity contribution in [1.82, 2.24) is 4.90 Å². The van der Waals surface area contributed by atoms with Crippen molar-refractivity contribution in [2.24, 2.45) is 17.0 Å². The van der Waals surface area contributed by atoms with Gasteiger partial charge in [-0.05, 0) is 67.0 Å². The van der Waals surface area contributed by atoms with Gasteiger partial charge in [0.1, 0.15) is 5.69 Å². The van der Waals surface area contributed by atoms with Crippen LogP contribution in [-0.2, 0) is 0 Å². The number of hydrogen-bond donors (Lipinski definition) is 0. The van der Waals surface area contributed by atoms with Crippen LogP contribution in [0.25, 0.3) is 5.57 Å². The second-order valence-electron chi connectivity index (χ2n) is 6.76. The van der Waals surface area contributed by atoms with Crippen LogP contribution in [0.2, 0.25) is 0 Å². The molecule has 2 fully saturated rings. The van der Waals surface area contributed by atoms with Crippen LogP contribution in [0, 0.1) is 16.7 Å². The molecule has 3 nitrogen and oxygen atoms in total. The summed E-state index contributed by atoms with van der Waals surface area (Å²) in [6.07, 6.45) is 4.27. The van der Waals surface area contributed by atoms with Gasteiger partial charge in [0.05, 0.1) is 0 Å². The minimum Gasteiger partial charge on any atom is -0.298 e. The smallest absolute Gasteiger partial charge is 0.108 e. The lowest BCUT2D eigenvalue weighted by Crippen LogP contribution is -2.24. The van der Waals surface area contributed by atoms with E-state index in [1.807, 2.05) is 24.3 Å². The number of nitroso groups, excluding NO2 is 1. The van der Waals surface area contributed by atoms with E-state index in [2.05, 4.69) is 23.9 Å². The molecule has 0 bridgehead atoms. The van der Waals surface area contributed by atoms with E-state index in [9.17, 15) is 4.91 Å². The Labute approximate surface area is 127 Å². The Balaban J connectivity index is 1.73. The standard InChI is InChI=1S/C18H24N2O/c1-13(2)18(14-6-8-17(19-21)9-7-14)12-20-10-15-4-3-5-16(15)11-20/h6-9,15-16H,3-5,10-12H2,1-2H3. The molecule has 3 rings (SSSR count). The van der Waals surface area contributed by atoms with Crippen molar-refractivity contribution >= 4 is 11.3 Å².